The summed E-state index contributed by atoms with van der Waals surface area (Å²) in [5.41, 5.74) is 7.61. The minimum Gasteiger partial charge on any atom is -0.493 e. The molecule has 9 heteroatoms. The fourth-order valence-corrected chi connectivity index (χ4v) is 4.92. The molecule has 4 rings (SSSR count). The lowest BCUT2D eigenvalue weighted by Crippen LogP contribution is -2.40. The van der Waals surface area contributed by atoms with Crippen molar-refractivity contribution < 1.29 is 23.8 Å². The molecule has 0 aromatic heterocycles. The summed E-state index contributed by atoms with van der Waals surface area (Å²) in [4.78, 5) is 30.0. The van der Waals surface area contributed by atoms with E-state index in [-0.39, 0.29) is 22.7 Å². The first-order chi connectivity index (χ1) is 18.4. The highest BCUT2D eigenvalue weighted by molar-refractivity contribution is 6.06. The Morgan fingerprint density at radius 3 is 2.21 bits per heavy atom. The number of benzene rings is 2. The maximum atomic E-state index is 13.1. The first kappa shape index (κ1) is 26.8. The molecule has 1 fully saturated rings. The molecule has 0 amide bonds. The van der Waals surface area contributed by atoms with Crippen LogP contribution in [0.15, 0.2) is 77.3 Å². The second kappa shape index (κ2) is 11.8. The largest absolute Gasteiger partial charge is 0.493 e. The van der Waals surface area contributed by atoms with E-state index in [9.17, 15) is 14.9 Å². The zero-order valence-corrected chi connectivity index (χ0v) is 21.8. The van der Waals surface area contributed by atoms with Crippen LogP contribution >= 0.6 is 0 Å². The smallest absolute Gasteiger partial charge is 0.355 e. The van der Waals surface area contributed by atoms with E-state index in [1.54, 1.807) is 48.5 Å². The van der Waals surface area contributed by atoms with Crippen LogP contribution in [0.4, 0.5) is 5.69 Å². The van der Waals surface area contributed by atoms with Gasteiger partial charge in [-0.1, -0.05) is 30.3 Å². The molecule has 2 aliphatic rings. The second-order valence-electron chi connectivity index (χ2n) is 9.39. The maximum Gasteiger partial charge on any atom is 0.355 e. The van der Waals surface area contributed by atoms with E-state index in [1.807, 2.05) is 6.07 Å². The fourth-order valence-electron chi connectivity index (χ4n) is 4.92. The summed E-state index contributed by atoms with van der Waals surface area (Å²) in [5, 5.41) is 10.1. The van der Waals surface area contributed by atoms with E-state index in [2.05, 4.69) is 18.0 Å². The Morgan fingerprint density at radius 2 is 1.63 bits per heavy atom. The fraction of sp³-hybridized carbons (Fsp3) is 0.345. The van der Waals surface area contributed by atoms with E-state index in [0.29, 0.717) is 29.5 Å². The average molecular weight is 517 g/mol. The van der Waals surface area contributed by atoms with Crippen LogP contribution in [0.3, 0.4) is 0 Å². The number of esters is 2. The Hall–Kier alpha value is -4.29. The summed E-state index contributed by atoms with van der Waals surface area (Å²) in [6.07, 6.45) is 2.18. The van der Waals surface area contributed by atoms with Gasteiger partial charge in [0.25, 0.3) is 0 Å². The summed E-state index contributed by atoms with van der Waals surface area (Å²) in [5.74, 6) is -1.26. The predicted molar refractivity (Wildman–Crippen MR) is 142 cm³/mol. The van der Waals surface area contributed by atoms with Gasteiger partial charge in [0.2, 0.25) is 0 Å². The van der Waals surface area contributed by atoms with Crippen molar-refractivity contribution in [2.75, 3.05) is 45.9 Å². The van der Waals surface area contributed by atoms with Gasteiger partial charge in [-0.3, -0.25) is 4.90 Å². The van der Waals surface area contributed by atoms with Gasteiger partial charge in [0.1, 0.15) is 17.3 Å². The lowest BCUT2D eigenvalue weighted by Gasteiger charge is -2.36. The quantitative estimate of drug-likeness (QED) is 0.553. The number of anilines is 1. The molecule has 2 N–H and O–H groups in total. The van der Waals surface area contributed by atoms with Crippen LogP contribution in [0.2, 0.25) is 0 Å². The Labute approximate surface area is 222 Å². The van der Waals surface area contributed by atoms with Crippen molar-refractivity contribution in [1.82, 2.24) is 4.90 Å². The molecule has 0 bridgehead atoms. The Bertz CT molecular complexity index is 1270. The van der Waals surface area contributed by atoms with Gasteiger partial charge in [-0.2, -0.15) is 5.26 Å². The first-order valence-corrected chi connectivity index (χ1v) is 12.5. The Morgan fingerprint density at radius 1 is 1.00 bits per heavy atom. The van der Waals surface area contributed by atoms with E-state index >= 15 is 0 Å². The van der Waals surface area contributed by atoms with Gasteiger partial charge in [-0.05, 0) is 68.7 Å². The van der Waals surface area contributed by atoms with Crippen molar-refractivity contribution in [2.24, 2.45) is 11.7 Å². The van der Waals surface area contributed by atoms with Crippen molar-refractivity contribution in [3.63, 3.8) is 0 Å². The topological polar surface area (TPSA) is 118 Å². The number of nitriles is 1. The van der Waals surface area contributed by atoms with Crippen molar-refractivity contribution in [2.45, 2.75) is 18.8 Å². The molecule has 1 saturated heterocycles. The Kier molecular flexibility index (Phi) is 8.34. The van der Waals surface area contributed by atoms with Crippen LogP contribution in [-0.2, 0) is 19.1 Å². The number of methoxy groups -OCH3 is 2. The van der Waals surface area contributed by atoms with Crippen molar-refractivity contribution >= 4 is 17.6 Å². The second-order valence-corrected chi connectivity index (χ2v) is 9.39. The van der Waals surface area contributed by atoms with E-state index in [0.717, 1.165) is 25.9 Å². The maximum absolute atomic E-state index is 13.1. The number of ether oxygens (including phenoxy) is 3. The van der Waals surface area contributed by atoms with Gasteiger partial charge in [0, 0.05) is 5.69 Å². The number of likely N-dealkylation sites (tertiary alicyclic amines) is 1. The number of nitrogens with two attached hydrogens (primary N) is 1. The van der Waals surface area contributed by atoms with Crippen molar-refractivity contribution in [3.8, 4) is 11.8 Å². The molecule has 0 saturated carbocycles. The molecule has 0 aliphatic carbocycles. The summed E-state index contributed by atoms with van der Waals surface area (Å²) < 4.78 is 16.2. The molecule has 9 nitrogen and oxygen atoms in total. The monoisotopic (exact) mass is 516 g/mol. The number of allylic oxidation sites excluding steroid dienone is 1. The molecule has 1 unspecified atom stereocenters. The zero-order valence-electron chi connectivity index (χ0n) is 21.8. The number of rotatable bonds is 7. The van der Waals surface area contributed by atoms with Crippen LogP contribution in [-0.4, -0.2) is 57.8 Å². The van der Waals surface area contributed by atoms with Gasteiger partial charge >= 0.3 is 11.9 Å². The molecule has 0 radical (unpaired) electrons. The highest BCUT2D eigenvalue weighted by Crippen LogP contribution is 2.43. The highest BCUT2D eigenvalue weighted by atomic mass is 16.5. The predicted octanol–water partition coefficient (Wildman–Crippen LogP) is 3.30. The minimum absolute atomic E-state index is 0.0226. The van der Waals surface area contributed by atoms with Gasteiger partial charge in [-0.15, -0.1) is 0 Å². The van der Waals surface area contributed by atoms with Crippen LogP contribution in [0.5, 0.6) is 5.75 Å². The van der Waals surface area contributed by atoms with Crippen molar-refractivity contribution in [3.05, 3.63) is 82.8 Å². The number of piperidine rings is 1. The average Bonchev–Trinajstić information content (AvgIpc) is 2.96. The van der Waals surface area contributed by atoms with Gasteiger partial charge in [0.15, 0.2) is 0 Å². The molecular weight excluding hydrogens is 484 g/mol. The molecule has 2 aromatic rings. The lowest BCUT2D eigenvalue weighted by atomic mass is 9.81. The molecule has 0 spiro atoms. The summed E-state index contributed by atoms with van der Waals surface area (Å²) in [6.45, 7) is 2.74. The molecule has 2 aliphatic heterocycles. The van der Waals surface area contributed by atoms with Crippen LogP contribution in [0.25, 0.3) is 0 Å². The third-order valence-corrected chi connectivity index (χ3v) is 7.03. The van der Waals surface area contributed by atoms with Crippen LogP contribution in [0, 0.1) is 17.2 Å². The number of hydrogen-bond donors (Lipinski definition) is 1. The standard InChI is InChI=1S/C29H32N4O5/c1-32-15-13-19(14-16-32)18-38-22-11-9-21(10-12-22)33-26(29(35)37-3)25(28(34)36-2)24(23(17-30)27(33)31)20-7-5-4-6-8-20/h4-12,19,24H,13-16,18,31H2,1-3H3. The van der Waals surface area contributed by atoms with Crippen LogP contribution < -0.4 is 15.4 Å². The van der Waals surface area contributed by atoms with Crippen LogP contribution in [0.1, 0.15) is 24.3 Å². The number of carbonyl (C=O) groups is 2. The molecule has 198 valence electrons. The van der Waals surface area contributed by atoms with Gasteiger partial charge in [-0.25, -0.2) is 9.59 Å². The third-order valence-electron chi connectivity index (χ3n) is 7.03. The van der Waals surface area contributed by atoms with Gasteiger partial charge in [0.05, 0.1) is 44.0 Å². The normalized spacial score (nSPS) is 18.7. The molecule has 38 heavy (non-hydrogen) atoms. The van der Waals surface area contributed by atoms with Crippen molar-refractivity contribution in [1.29, 1.82) is 5.26 Å². The van der Waals surface area contributed by atoms with E-state index in [1.165, 1.54) is 19.1 Å². The number of carbonyl (C=O) groups excluding carboxylic acids is 2. The highest BCUT2D eigenvalue weighted by Gasteiger charge is 2.43. The minimum atomic E-state index is -0.906. The molecule has 1 atom stereocenters. The Balaban J connectivity index is 1.73. The summed E-state index contributed by atoms with van der Waals surface area (Å²) >= 11 is 0. The van der Waals surface area contributed by atoms with Gasteiger partial charge < -0.3 is 24.8 Å². The molecule has 2 aromatic carbocycles. The molecule has 2 heterocycles. The third kappa shape index (κ3) is 5.36. The number of hydrogen-bond acceptors (Lipinski definition) is 9. The summed E-state index contributed by atoms with van der Waals surface area (Å²) in [7, 11) is 4.57. The summed E-state index contributed by atoms with van der Waals surface area (Å²) in [6, 6.07) is 18.1. The number of nitrogens with zero attached hydrogens (tertiary/aromatic N) is 3. The van der Waals surface area contributed by atoms with E-state index in [4.69, 9.17) is 19.9 Å². The molecular formula is C29H32N4O5. The first-order valence-electron chi connectivity index (χ1n) is 12.5. The SMILES string of the molecule is COC(=O)C1=C(C(=O)OC)N(c2ccc(OCC3CCN(C)CC3)cc2)C(N)=C(C#N)C1c1ccccc1. The lowest BCUT2D eigenvalue weighted by molar-refractivity contribution is -0.139. The zero-order chi connectivity index (χ0) is 27.2. The van der Waals surface area contributed by atoms with E-state index < -0.39 is 17.9 Å².